The number of hydrogen-bond donors (Lipinski definition) is 0. The van der Waals surface area contributed by atoms with E-state index in [9.17, 15) is 4.79 Å². The molecule has 1 heterocycles. The number of carbonyl (C=O) groups is 1. The Labute approximate surface area is 116 Å². The van der Waals surface area contributed by atoms with Gasteiger partial charge < -0.3 is 14.4 Å². The molecule has 6 heteroatoms. The molecule has 2 rings (SSSR count). The van der Waals surface area contributed by atoms with Gasteiger partial charge in [0.15, 0.2) is 6.61 Å². The summed E-state index contributed by atoms with van der Waals surface area (Å²) in [4.78, 5) is 13.5. The lowest BCUT2D eigenvalue weighted by molar-refractivity contribution is -0.139. The summed E-state index contributed by atoms with van der Waals surface area (Å²) >= 11 is 0. The van der Waals surface area contributed by atoms with E-state index >= 15 is 0 Å². The molecule has 0 N–H and O–H groups in total. The zero-order valence-corrected chi connectivity index (χ0v) is 10.8. The second-order valence-corrected chi connectivity index (χ2v) is 4.23. The average molecular weight is 271 g/mol. The number of nitrogens with zero attached hydrogens (tertiary/aromatic N) is 3. The molecule has 0 aliphatic carbocycles. The van der Waals surface area contributed by atoms with Gasteiger partial charge in [0.1, 0.15) is 11.8 Å². The molecule has 0 saturated carbocycles. The predicted molar refractivity (Wildman–Crippen MR) is 68.6 cm³/mol. The number of hydrogen-bond acceptors (Lipinski definition) is 5. The van der Waals surface area contributed by atoms with E-state index in [1.807, 2.05) is 12.1 Å². The molecule has 102 valence electrons. The molecule has 0 radical (unpaired) electrons. The number of amides is 1. The first-order valence-electron chi connectivity index (χ1n) is 6.14. The van der Waals surface area contributed by atoms with Gasteiger partial charge in [0.25, 0.3) is 5.91 Å². The van der Waals surface area contributed by atoms with Gasteiger partial charge in [-0.15, -0.1) is 0 Å². The van der Waals surface area contributed by atoms with Crippen LogP contribution in [0, 0.1) is 22.7 Å². The Kier molecular flexibility index (Phi) is 4.54. The molecule has 1 fully saturated rings. The van der Waals surface area contributed by atoms with Crippen LogP contribution in [0.25, 0.3) is 0 Å². The number of rotatable bonds is 3. The maximum atomic E-state index is 12.0. The number of carbonyl (C=O) groups excluding carboxylic acids is 1. The molecule has 1 aliphatic heterocycles. The first-order valence-corrected chi connectivity index (χ1v) is 6.14. The van der Waals surface area contributed by atoms with E-state index in [1.165, 1.54) is 4.90 Å². The van der Waals surface area contributed by atoms with Gasteiger partial charge in [0.2, 0.25) is 0 Å². The van der Waals surface area contributed by atoms with Gasteiger partial charge in [-0.05, 0) is 24.3 Å². The average Bonchev–Trinajstić information content (AvgIpc) is 2.53. The minimum absolute atomic E-state index is 0.135. The van der Waals surface area contributed by atoms with Crippen LogP contribution in [-0.2, 0) is 9.53 Å². The predicted octanol–water partition coefficient (Wildman–Crippen LogP) is 0.688. The molecule has 1 atom stereocenters. The summed E-state index contributed by atoms with van der Waals surface area (Å²) in [6.45, 7) is 0.928. The highest BCUT2D eigenvalue weighted by Gasteiger charge is 2.27. The summed E-state index contributed by atoms with van der Waals surface area (Å²) in [5, 5.41) is 17.6. The highest BCUT2D eigenvalue weighted by atomic mass is 16.5. The summed E-state index contributed by atoms with van der Waals surface area (Å²) in [6.07, 6.45) is 0. The molecule has 0 bridgehead atoms. The van der Waals surface area contributed by atoms with E-state index < -0.39 is 6.04 Å². The van der Waals surface area contributed by atoms with Crippen molar-refractivity contribution in [2.24, 2.45) is 0 Å². The second kappa shape index (κ2) is 6.55. The Hall–Kier alpha value is -2.57. The van der Waals surface area contributed by atoms with Crippen LogP contribution in [0.15, 0.2) is 24.3 Å². The van der Waals surface area contributed by atoms with Crippen molar-refractivity contribution in [1.29, 1.82) is 10.5 Å². The molecule has 1 unspecified atom stereocenters. The Morgan fingerprint density at radius 2 is 2.15 bits per heavy atom. The molecule has 1 aliphatic rings. The van der Waals surface area contributed by atoms with E-state index in [0.29, 0.717) is 24.5 Å². The SMILES string of the molecule is N#Cc1ccc(OCC(=O)N2CCOCC2C#N)cc1. The third kappa shape index (κ3) is 3.25. The third-order valence-corrected chi connectivity index (χ3v) is 2.94. The van der Waals surface area contributed by atoms with Gasteiger partial charge >= 0.3 is 0 Å². The summed E-state index contributed by atoms with van der Waals surface area (Å²) in [5.74, 6) is 0.267. The largest absolute Gasteiger partial charge is 0.484 e. The Balaban J connectivity index is 1.91. The number of benzene rings is 1. The lowest BCUT2D eigenvalue weighted by Gasteiger charge is -2.31. The molecule has 6 nitrogen and oxygen atoms in total. The van der Waals surface area contributed by atoms with Crippen LogP contribution < -0.4 is 4.74 Å². The number of morpholine rings is 1. The number of nitriles is 2. The summed E-state index contributed by atoms with van der Waals surface area (Å²) < 4.78 is 10.5. The molecule has 1 aromatic rings. The van der Waals surface area contributed by atoms with Crippen LogP contribution in [0.2, 0.25) is 0 Å². The lowest BCUT2D eigenvalue weighted by atomic mass is 10.2. The van der Waals surface area contributed by atoms with Crippen LogP contribution in [-0.4, -0.2) is 43.2 Å². The fraction of sp³-hybridized carbons (Fsp3) is 0.357. The first kappa shape index (κ1) is 13.9. The van der Waals surface area contributed by atoms with Gasteiger partial charge in [0.05, 0.1) is 30.9 Å². The van der Waals surface area contributed by atoms with Crippen LogP contribution in [0.4, 0.5) is 0 Å². The molecule has 0 aromatic heterocycles. The van der Waals surface area contributed by atoms with Gasteiger partial charge in [-0.25, -0.2) is 0 Å². The number of ether oxygens (including phenoxy) is 2. The van der Waals surface area contributed by atoms with Crippen molar-refractivity contribution in [3.05, 3.63) is 29.8 Å². The maximum absolute atomic E-state index is 12.0. The van der Waals surface area contributed by atoms with Gasteiger partial charge in [-0.2, -0.15) is 10.5 Å². The first-order chi connectivity index (χ1) is 9.74. The maximum Gasteiger partial charge on any atom is 0.261 e. The van der Waals surface area contributed by atoms with E-state index in [4.69, 9.17) is 20.0 Å². The van der Waals surface area contributed by atoms with Crippen molar-refractivity contribution < 1.29 is 14.3 Å². The van der Waals surface area contributed by atoms with E-state index in [-0.39, 0.29) is 19.1 Å². The van der Waals surface area contributed by atoms with Gasteiger partial charge in [-0.3, -0.25) is 4.79 Å². The van der Waals surface area contributed by atoms with Crippen molar-refractivity contribution in [2.45, 2.75) is 6.04 Å². The standard InChI is InChI=1S/C14H13N3O3/c15-7-11-1-3-13(4-2-11)20-10-14(18)17-5-6-19-9-12(17)8-16/h1-4,12H,5-6,9-10H2. The van der Waals surface area contributed by atoms with Crippen LogP contribution in [0.3, 0.4) is 0 Å². The van der Waals surface area contributed by atoms with Crippen molar-refractivity contribution in [3.8, 4) is 17.9 Å². The normalized spacial score (nSPS) is 17.9. The summed E-state index contributed by atoms with van der Waals surface area (Å²) in [5.41, 5.74) is 0.529. The fourth-order valence-electron chi connectivity index (χ4n) is 1.86. The molecule has 1 amide bonds. The molecule has 1 saturated heterocycles. The smallest absolute Gasteiger partial charge is 0.261 e. The molecular weight excluding hydrogens is 258 g/mol. The van der Waals surface area contributed by atoms with E-state index in [0.717, 1.165) is 0 Å². The molecule has 1 aromatic carbocycles. The van der Waals surface area contributed by atoms with Crippen molar-refractivity contribution in [3.63, 3.8) is 0 Å². The van der Waals surface area contributed by atoms with Crippen molar-refractivity contribution in [2.75, 3.05) is 26.4 Å². The Morgan fingerprint density at radius 1 is 1.40 bits per heavy atom. The zero-order chi connectivity index (χ0) is 14.4. The fourth-order valence-corrected chi connectivity index (χ4v) is 1.86. The van der Waals surface area contributed by atoms with E-state index in [2.05, 4.69) is 0 Å². The van der Waals surface area contributed by atoms with Crippen molar-refractivity contribution in [1.82, 2.24) is 4.90 Å². The van der Waals surface area contributed by atoms with Crippen LogP contribution >= 0.6 is 0 Å². The molecule has 20 heavy (non-hydrogen) atoms. The van der Waals surface area contributed by atoms with Gasteiger partial charge in [-0.1, -0.05) is 0 Å². The van der Waals surface area contributed by atoms with Crippen molar-refractivity contribution >= 4 is 5.91 Å². The Morgan fingerprint density at radius 3 is 2.80 bits per heavy atom. The second-order valence-electron chi connectivity index (χ2n) is 4.23. The highest BCUT2D eigenvalue weighted by molar-refractivity contribution is 5.78. The van der Waals surface area contributed by atoms with Gasteiger partial charge in [0, 0.05) is 6.54 Å². The Bertz CT molecular complexity index is 557. The van der Waals surface area contributed by atoms with Crippen LogP contribution in [0.5, 0.6) is 5.75 Å². The summed E-state index contributed by atoms with van der Waals surface area (Å²) in [7, 11) is 0. The van der Waals surface area contributed by atoms with Crippen LogP contribution in [0.1, 0.15) is 5.56 Å². The van der Waals surface area contributed by atoms with E-state index in [1.54, 1.807) is 24.3 Å². The summed E-state index contributed by atoms with van der Waals surface area (Å²) in [6, 6.07) is 9.98. The lowest BCUT2D eigenvalue weighted by Crippen LogP contribution is -2.49. The topological polar surface area (TPSA) is 86.3 Å². The molecular formula is C14H13N3O3. The quantitative estimate of drug-likeness (QED) is 0.807. The zero-order valence-electron chi connectivity index (χ0n) is 10.8. The molecule has 0 spiro atoms. The minimum Gasteiger partial charge on any atom is -0.484 e. The monoisotopic (exact) mass is 271 g/mol. The minimum atomic E-state index is -0.555. The third-order valence-electron chi connectivity index (χ3n) is 2.94. The highest BCUT2D eigenvalue weighted by Crippen LogP contribution is 2.12.